The molecule has 0 radical (unpaired) electrons. The van der Waals surface area contributed by atoms with E-state index in [1.165, 1.54) is 17.3 Å². The molecular weight excluding hydrogens is 456 g/mol. The van der Waals surface area contributed by atoms with Gasteiger partial charge in [-0.15, -0.1) is 16.8 Å². The molecule has 0 bridgehead atoms. The van der Waals surface area contributed by atoms with E-state index in [1.54, 1.807) is 11.0 Å². The topological polar surface area (TPSA) is 85.2 Å². The molecule has 2 aromatic rings. The molecule has 1 aliphatic heterocycles. The lowest BCUT2D eigenvalue weighted by Crippen LogP contribution is -2.42. The Morgan fingerprint density at radius 3 is 2.52 bits per heavy atom. The van der Waals surface area contributed by atoms with Gasteiger partial charge in [0.15, 0.2) is 20.8 Å². The molecule has 7 nitrogen and oxygen atoms in total. The maximum atomic E-state index is 13.0. The monoisotopic (exact) mass is 490 g/mol. The fourth-order valence-electron chi connectivity index (χ4n) is 4.00. The van der Waals surface area contributed by atoms with E-state index in [4.69, 9.17) is 0 Å². The third-order valence-corrected chi connectivity index (χ3v) is 8.50. The first-order valence-electron chi connectivity index (χ1n) is 11.3. The number of hydrogen-bond donors (Lipinski definition) is 0. The van der Waals surface area contributed by atoms with E-state index < -0.39 is 9.84 Å². The van der Waals surface area contributed by atoms with E-state index in [9.17, 15) is 13.2 Å². The zero-order valence-corrected chi connectivity index (χ0v) is 21.6. The normalized spacial score (nSPS) is 17.8. The number of thioether (sulfide) groups is 1. The molecule has 1 aliphatic rings. The van der Waals surface area contributed by atoms with Crippen molar-refractivity contribution in [2.45, 2.75) is 63.7 Å². The molecule has 0 saturated carbocycles. The molecule has 0 aliphatic carbocycles. The molecule has 9 heteroatoms. The van der Waals surface area contributed by atoms with Gasteiger partial charge in [0.1, 0.15) is 0 Å². The zero-order chi connectivity index (χ0) is 24.2. The largest absolute Gasteiger partial charge is 0.338 e. The molecule has 2 heterocycles. The predicted molar refractivity (Wildman–Crippen MR) is 134 cm³/mol. The van der Waals surface area contributed by atoms with Crippen LogP contribution in [-0.2, 0) is 26.6 Å². The number of aromatic nitrogens is 3. The summed E-state index contributed by atoms with van der Waals surface area (Å²) in [6.45, 7) is 13.5. The third kappa shape index (κ3) is 6.26. The number of sulfone groups is 1. The summed E-state index contributed by atoms with van der Waals surface area (Å²) in [5.41, 5.74) is 2.27. The summed E-state index contributed by atoms with van der Waals surface area (Å²) in [5, 5.41) is 9.38. The van der Waals surface area contributed by atoms with Gasteiger partial charge in [-0.2, -0.15) is 0 Å². The highest BCUT2D eigenvalue weighted by atomic mass is 32.2. The van der Waals surface area contributed by atoms with Gasteiger partial charge in [0.2, 0.25) is 5.91 Å². The van der Waals surface area contributed by atoms with E-state index in [2.05, 4.69) is 49.7 Å². The van der Waals surface area contributed by atoms with Gasteiger partial charge < -0.3 is 4.90 Å². The van der Waals surface area contributed by atoms with Crippen molar-refractivity contribution in [1.82, 2.24) is 19.7 Å². The number of rotatable bonds is 9. The standard InChI is InChI=1S/C24H34N4O3S2/c1-6-13-27(20-12-15-33(30,31)17-20)21(29)16-32-23-26-25-22(28(23)14-7-2)18-8-10-19(11-9-18)24(3,4)5/h7-11,20H,2,6,12-17H2,1,3-5H3. The molecule has 1 unspecified atom stereocenters. The summed E-state index contributed by atoms with van der Waals surface area (Å²) in [6.07, 6.45) is 3.09. The Bertz CT molecular complexity index is 1090. The Kier molecular flexibility index (Phi) is 8.05. The second-order valence-electron chi connectivity index (χ2n) is 9.47. The highest BCUT2D eigenvalue weighted by molar-refractivity contribution is 7.99. The first kappa shape index (κ1) is 25.5. The first-order valence-corrected chi connectivity index (χ1v) is 14.1. The lowest BCUT2D eigenvalue weighted by Gasteiger charge is -2.27. The van der Waals surface area contributed by atoms with Crippen LogP contribution in [0.15, 0.2) is 42.1 Å². The SMILES string of the molecule is C=CCn1c(SCC(=O)N(CCC)C2CCS(=O)(=O)C2)nnc1-c1ccc(C(C)(C)C)cc1. The van der Waals surface area contributed by atoms with Gasteiger partial charge in [-0.25, -0.2) is 8.42 Å². The van der Waals surface area contributed by atoms with E-state index in [-0.39, 0.29) is 34.6 Å². The molecule has 1 amide bonds. The van der Waals surface area contributed by atoms with Gasteiger partial charge in [0.05, 0.1) is 17.3 Å². The zero-order valence-electron chi connectivity index (χ0n) is 20.0. The Morgan fingerprint density at radius 1 is 1.27 bits per heavy atom. The molecule has 180 valence electrons. The fourth-order valence-corrected chi connectivity index (χ4v) is 6.57. The Labute approximate surface area is 201 Å². The van der Waals surface area contributed by atoms with Crippen LogP contribution in [0.25, 0.3) is 11.4 Å². The highest BCUT2D eigenvalue weighted by Gasteiger charge is 2.34. The van der Waals surface area contributed by atoms with E-state index in [1.807, 2.05) is 23.6 Å². The number of allylic oxidation sites excluding steroid dienone is 1. The second kappa shape index (κ2) is 10.4. The van der Waals surface area contributed by atoms with Crippen molar-refractivity contribution in [2.75, 3.05) is 23.8 Å². The molecule has 0 spiro atoms. The average molecular weight is 491 g/mol. The summed E-state index contributed by atoms with van der Waals surface area (Å²) >= 11 is 1.33. The van der Waals surface area contributed by atoms with Crippen molar-refractivity contribution >= 4 is 27.5 Å². The number of benzene rings is 1. The summed E-state index contributed by atoms with van der Waals surface area (Å²) in [4.78, 5) is 14.7. The Hall–Kier alpha value is -2.13. The summed E-state index contributed by atoms with van der Waals surface area (Å²) in [5.74, 6) is 1.08. The minimum Gasteiger partial charge on any atom is -0.338 e. The van der Waals surface area contributed by atoms with Crippen molar-refractivity contribution < 1.29 is 13.2 Å². The van der Waals surface area contributed by atoms with Gasteiger partial charge >= 0.3 is 0 Å². The average Bonchev–Trinajstić information content (AvgIpc) is 3.32. The third-order valence-electron chi connectivity index (χ3n) is 5.80. The van der Waals surface area contributed by atoms with Crippen LogP contribution in [0.1, 0.15) is 46.1 Å². The summed E-state index contributed by atoms with van der Waals surface area (Å²) in [6, 6.07) is 8.08. The number of carbonyl (C=O) groups excluding carboxylic acids is 1. The van der Waals surface area contributed by atoms with Crippen LogP contribution in [0, 0.1) is 0 Å². The lowest BCUT2D eigenvalue weighted by atomic mass is 9.87. The number of hydrogen-bond acceptors (Lipinski definition) is 6. The Morgan fingerprint density at radius 2 is 1.97 bits per heavy atom. The number of amides is 1. The molecule has 1 saturated heterocycles. The van der Waals surface area contributed by atoms with Crippen LogP contribution in [-0.4, -0.2) is 63.8 Å². The van der Waals surface area contributed by atoms with Gasteiger partial charge in [0.25, 0.3) is 0 Å². The van der Waals surface area contributed by atoms with Crippen molar-refractivity contribution in [3.8, 4) is 11.4 Å². The number of carbonyl (C=O) groups is 1. The van der Waals surface area contributed by atoms with E-state index in [0.29, 0.717) is 24.7 Å². The van der Waals surface area contributed by atoms with Crippen LogP contribution >= 0.6 is 11.8 Å². The van der Waals surface area contributed by atoms with Crippen molar-refractivity contribution in [2.24, 2.45) is 0 Å². The molecule has 33 heavy (non-hydrogen) atoms. The minimum atomic E-state index is -3.05. The van der Waals surface area contributed by atoms with Crippen LogP contribution in [0.3, 0.4) is 0 Å². The Balaban J connectivity index is 1.76. The minimum absolute atomic E-state index is 0.0603. The molecule has 0 N–H and O–H groups in total. The summed E-state index contributed by atoms with van der Waals surface area (Å²) in [7, 11) is -3.05. The van der Waals surface area contributed by atoms with Gasteiger partial charge in [-0.3, -0.25) is 9.36 Å². The first-order chi connectivity index (χ1) is 15.6. The fraction of sp³-hybridized carbons (Fsp3) is 0.542. The van der Waals surface area contributed by atoms with Crippen molar-refractivity contribution in [3.05, 3.63) is 42.5 Å². The quantitative estimate of drug-likeness (QED) is 0.391. The molecular formula is C24H34N4O3S2. The predicted octanol–water partition coefficient (Wildman–Crippen LogP) is 3.95. The smallest absolute Gasteiger partial charge is 0.233 e. The van der Waals surface area contributed by atoms with E-state index >= 15 is 0 Å². The maximum Gasteiger partial charge on any atom is 0.233 e. The lowest BCUT2D eigenvalue weighted by molar-refractivity contribution is -0.130. The van der Waals surface area contributed by atoms with Crippen LogP contribution in [0.5, 0.6) is 0 Å². The van der Waals surface area contributed by atoms with Crippen LogP contribution in [0.2, 0.25) is 0 Å². The van der Waals surface area contributed by atoms with E-state index in [0.717, 1.165) is 17.8 Å². The van der Waals surface area contributed by atoms with Crippen molar-refractivity contribution in [1.29, 1.82) is 0 Å². The molecule has 1 aromatic heterocycles. The highest BCUT2D eigenvalue weighted by Crippen LogP contribution is 2.28. The number of nitrogens with zero attached hydrogens (tertiary/aromatic N) is 4. The van der Waals surface area contributed by atoms with Crippen LogP contribution < -0.4 is 0 Å². The molecule has 1 atom stereocenters. The van der Waals surface area contributed by atoms with Gasteiger partial charge in [0, 0.05) is 24.7 Å². The molecule has 1 aromatic carbocycles. The molecule has 3 rings (SSSR count). The van der Waals surface area contributed by atoms with Crippen molar-refractivity contribution in [3.63, 3.8) is 0 Å². The second-order valence-corrected chi connectivity index (χ2v) is 12.6. The van der Waals surface area contributed by atoms with Gasteiger partial charge in [-0.05, 0) is 23.8 Å². The van der Waals surface area contributed by atoms with Crippen LogP contribution in [0.4, 0.5) is 0 Å². The maximum absolute atomic E-state index is 13.0. The van der Waals surface area contributed by atoms with Gasteiger partial charge in [-0.1, -0.05) is 69.8 Å². The molecule has 1 fully saturated rings. The summed E-state index contributed by atoms with van der Waals surface area (Å²) < 4.78 is 25.8.